The minimum absolute atomic E-state index is 0.183. The monoisotopic (exact) mass is 233 g/mol. The Morgan fingerprint density at radius 3 is 2.88 bits per heavy atom. The average Bonchev–Trinajstić information content (AvgIpc) is 2.77. The summed E-state index contributed by atoms with van der Waals surface area (Å²) >= 11 is 0. The third-order valence-corrected chi connectivity index (χ3v) is 2.64. The Labute approximate surface area is 100 Å². The lowest BCUT2D eigenvalue weighted by atomic mass is 10.2. The lowest BCUT2D eigenvalue weighted by Gasteiger charge is -2.08. The quantitative estimate of drug-likeness (QED) is 0.857. The molecule has 0 spiro atoms. The van der Waals surface area contributed by atoms with E-state index in [-0.39, 0.29) is 5.82 Å². The number of benzene rings is 1. The minimum atomic E-state index is -0.183. The van der Waals surface area contributed by atoms with Crippen LogP contribution in [0, 0.1) is 5.82 Å². The molecule has 4 heteroatoms. The molecule has 0 bridgehead atoms. The molecule has 0 saturated heterocycles. The molecule has 0 amide bonds. The van der Waals surface area contributed by atoms with E-state index in [1.807, 2.05) is 16.8 Å². The van der Waals surface area contributed by atoms with Gasteiger partial charge < -0.3 is 5.32 Å². The van der Waals surface area contributed by atoms with Crippen molar-refractivity contribution in [3.05, 3.63) is 53.6 Å². The molecule has 2 aromatic rings. The number of hydrogen-bond donors (Lipinski definition) is 1. The number of rotatable bonds is 5. The zero-order chi connectivity index (χ0) is 12.1. The van der Waals surface area contributed by atoms with Crippen LogP contribution in [0.1, 0.15) is 18.2 Å². The summed E-state index contributed by atoms with van der Waals surface area (Å²) in [5, 5.41) is 7.45. The predicted octanol–water partition coefficient (Wildman–Crippen LogP) is 2.18. The van der Waals surface area contributed by atoms with Crippen molar-refractivity contribution >= 4 is 0 Å². The van der Waals surface area contributed by atoms with E-state index in [1.165, 1.54) is 6.07 Å². The number of hydrogen-bond acceptors (Lipinski definition) is 2. The van der Waals surface area contributed by atoms with Gasteiger partial charge in [0.15, 0.2) is 0 Å². The van der Waals surface area contributed by atoms with Gasteiger partial charge in [-0.05, 0) is 18.7 Å². The van der Waals surface area contributed by atoms with Gasteiger partial charge in [0, 0.05) is 18.3 Å². The molecule has 90 valence electrons. The molecule has 0 aliphatic rings. The Morgan fingerprint density at radius 1 is 1.29 bits per heavy atom. The zero-order valence-electron chi connectivity index (χ0n) is 9.86. The van der Waals surface area contributed by atoms with Crippen LogP contribution in [0.3, 0.4) is 0 Å². The second kappa shape index (κ2) is 5.59. The lowest BCUT2D eigenvalue weighted by Crippen LogP contribution is -2.16. The molecule has 0 aliphatic carbocycles. The Kier molecular flexibility index (Phi) is 3.88. The van der Waals surface area contributed by atoms with Crippen LogP contribution in [-0.2, 0) is 13.1 Å². The fourth-order valence-corrected chi connectivity index (χ4v) is 1.69. The van der Waals surface area contributed by atoms with E-state index in [0.717, 1.165) is 18.8 Å². The van der Waals surface area contributed by atoms with Gasteiger partial charge in [-0.15, -0.1) is 0 Å². The average molecular weight is 233 g/mol. The van der Waals surface area contributed by atoms with E-state index in [2.05, 4.69) is 17.3 Å². The Bertz CT molecular complexity index is 479. The maximum absolute atomic E-state index is 13.5. The third kappa shape index (κ3) is 2.91. The van der Waals surface area contributed by atoms with Crippen LogP contribution in [0.2, 0.25) is 0 Å². The van der Waals surface area contributed by atoms with Gasteiger partial charge in [0.1, 0.15) is 5.82 Å². The van der Waals surface area contributed by atoms with Crippen LogP contribution in [0.5, 0.6) is 0 Å². The van der Waals surface area contributed by atoms with Crippen molar-refractivity contribution < 1.29 is 4.39 Å². The number of nitrogens with one attached hydrogen (secondary N) is 1. The van der Waals surface area contributed by atoms with Gasteiger partial charge in [-0.1, -0.05) is 25.1 Å². The van der Waals surface area contributed by atoms with Crippen LogP contribution in [0.4, 0.5) is 4.39 Å². The Balaban J connectivity index is 2.13. The maximum Gasteiger partial charge on any atom is 0.128 e. The van der Waals surface area contributed by atoms with E-state index in [1.54, 1.807) is 18.3 Å². The molecule has 0 radical (unpaired) electrons. The zero-order valence-corrected chi connectivity index (χ0v) is 9.86. The van der Waals surface area contributed by atoms with Crippen molar-refractivity contribution in [2.45, 2.75) is 20.0 Å². The molecule has 0 saturated carbocycles. The summed E-state index contributed by atoms with van der Waals surface area (Å²) in [6.07, 6.45) is 1.74. The van der Waals surface area contributed by atoms with Crippen LogP contribution in [0.25, 0.3) is 0 Å². The highest BCUT2D eigenvalue weighted by atomic mass is 19.1. The van der Waals surface area contributed by atoms with Gasteiger partial charge in [0.2, 0.25) is 0 Å². The summed E-state index contributed by atoms with van der Waals surface area (Å²) in [5.74, 6) is -0.183. The SMILES string of the molecule is CCNCc1ccnn1Cc1ccccc1F. The first-order valence-electron chi connectivity index (χ1n) is 5.76. The summed E-state index contributed by atoms with van der Waals surface area (Å²) in [5.41, 5.74) is 1.73. The third-order valence-electron chi connectivity index (χ3n) is 2.64. The fourth-order valence-electron chi connectivity index (χ4n) is 1.69. The highest BCUT2D eigenvalue weighted by Gasteiger charge is 2.05. The molecule has 1 aromatic heterocycles. The van der Waals surface area contributed by atoms with E-state index >= 15 is 0 Å². The van der Waals surface area contributed by atoms with Crippen LogP contribution >= 0.6 is 0 Å². The van der Waals surface area contributed by atoms with E-state index < -0.39 is 0 Å². The molecule has 0 fully saturated rings. The first kappa shape index (κ1) is 11.8. The van der Waals surface area contributed by atoms with Crippen LogP contribution < -0.4 is 5.32 Å². The molecule has 0 unspecified atom stereocenters. The molecule has 1 N–H and O–H groups in total. The number of aromatic nitrogens is 2. The van der Waals surface area contributed by atoms with Gasteiger partial charge in [-0.3, -0.25) is 4.68 Å². The normalized spacial score (nSPS) is 10.7. The highest BCUT2D eigenvalue weighted by molar-refractivity contribution is 5.18. The molecule has 2 rings (SSSR count). The Morgan fingerprint density at radius 2 is 2.12 bits per heavy atom. The topological polar surface area (TPSA) is 29.9 Å². The second-order valence-electron chi connectivity index (χ2n) is 3.85. The summed E-state index contributed by atoms with van der Waals surface area (Å²) in [6, 6.07) is 8.74. The van der Waals surface area contributed by atoms with Crippen LogP contribution in [-0.4, -0.2) is 16.3 Å². The number of halogens is 1. The molecule has 1 heterocycles. The first-order chi connectivity index (χ1) is 8.31. The Hall–Kier alpha value is -1.68. The van der Waals surface area contributed by atoms with Gasteiger partial charge in [0.05, 0.1) is 12.2 Å². The largest absolute Gasteiger partial charge is 0.311 e. The van der Waals surface area contributed by atoms with Gasteiger partial charge in [0.25, 0.3) is 0 Å². The molecule has 3 nitrogen and oxygen atoms in total. The van der Waals surface area contributed by atoms with Gasteiger partial charge >= 0.3 is 0 Å². The van der Waals surface area contributed by atoms with Crippen molar-refractivity contribution in [2.75, 3.05) is 6.54 Å². The summed E-state index contributed by atoms with van der Waals surface area (Å²) in [7, 11) is 0. The molecule has 0 aliphatic heterocycles. The summed E-state index contributed by atoms with van der Waals surface area (Å²) < 4.78 is 15.3. The fraction of sp³-hybridized carbons (Fsp3) is 0.308. The van der Waals surface area contributed by atoms with E-state index in [9.17, 15) is 4.39 Å². The van der Waals surface area contributed by atoms with Crippen molar-refractivity contribution in [2.24, 2.45) is 0 Å². The first-order valence-corrected chi connectivity index (χ1v) is 5.76. The predicted molar refractivity (Wildman–Crippen MR) is 65.1 cm³/mol. The second-order valence-corrected chi connectivity index (χ2v) is 3.85. The van der Waals surface area contributed by atoms with E-state index in [0.29, 0.717) is 12.1 Å². The molecule has 1 aromatic carbocycles. The summed E-state index contributed by atoms with van der Waals surface area (Å²) in [4.78, 5) is 0. The molecule has 17 heavy (non-hydrogen) atoms. The minimum Gasteiger partial charge on any atom is -0.311 e. The van der Waals surface area contributed by atoms with Crippen molar-refractivity contribution in [3.63, 3.8) is 0 Å². The number of nitrogens with zero attached hydrogens (tertiary/aromatic N) is 2. The summed E-state index contributed by atoms with van der Waals surface area (Å²) in [6.45, 7) is 4.19. The molecular weight excluding hydrogens is 217 g/mol. The van der Waals surface area contributed by atoms with E-state index in [4.69, 9.17) is 0 Å². The standard InChI is InChI=1S/C13H16FN3/c1-2-15-9-12-7-8-16-17(12)10-11-5-3-4-6-13(11)14/h3-8,15H,2,9-10H2,1H3. The van der Waals surface area contributed by atoms with Crippen molar-refractivity contribution in [1.82, 2.24) is 15.1 Å². The smallest absolute Gasteiger partial charge is 0.128 e. The maximum atomic E-state index is 13.5. The highest BCUT2D eigenvalue weighted by Crippen LogP contribution is 2.09. The van der Waals surface area contributed by atoms with Crippen molar-refractivity contribution in [3.8, 4) is 0 Å². The van der Waals surface area contributed by atoms with Crippen molar-refractivity contribution in [1.29, 1.82) is 0 Å². The van der Waals surface area contributed by atoms with Gasteiger partial charge in [-0.2, -0.15) is 5.10 Å². The lowest BCUT2D eigenvalue weighted by molar-refractivity contribution is 0.564. The molecule has 0 atom stereocenters. The van der Waals surface area contributed by atoms with Gasteiger partial charge in [-0.25, -0.2) is 4.39 Å². The molecular formula is C13H16FN3. The van der Waals surface area contributed by atoms with Crippen LogP contribution in [0.15, 0.2) is 36.5 Å².